The van der Waals surface area contributed by atoms with E-state index in [1.807, 2.05) is 18.2 Å². The largest absolute Gasteiger partial charge is 0.379 e. The summed E-state index contributed by atoms with van der Waals surface area (Å²) in [6, 6.07) is 18.7. The first-order valence-electron chi connectivity index (χ1n) is 11.2. The number of hydrogen-bond donors (Lipinski definition) is 1. The van der Waals surface area contributed by atoms with Gasteiger partial charge in [-0.25, -0.2) is 0 Å². The number of benzene rings is 2. The summed E-state index contributed by atoms with van der Waals surface area (Å²) in [4.78, 5) is 17.6. The third-order valence-electron chi connectivity index (χ3n) is 6.10. The molecule has 160 valence electrons. The number of nitrogens with zero attached hydrogens (tertiary/aromatic N) is 2. The van der Waals surface area contributed by atoms with Gasteiger partial charge < -0.3 is 10.1 Å². The van der Waals surface area contributed by atoms with E-state index < -0.39 is 0 Å². The molecule has 5 heteroatoms. The minimum Gasteiger partial charge on any atom is -0.379 e. The van der Waals surface area contributed by atoms with Crippen LogP contribution >= 0.6 is 0 Å². The van der Waals surface area contributed by atoms with Crippen molar-refractivity contribution in [1.82, 2.24) is 15.1 Å². The van der Waals surface area contributed by atoms with Gasteiger partial charge in [0.1, 0.15) is 0 Å². The minimum absolute atomic E-state index is 0.0408. The van der Waals surface area contributed by atoms with Crippen LogP contribution in [0.1, 0.15) is 34.3 Å². The maximum atomic E-state index is 12.7. The molecule has 0 aromatic heterocycles. The van der Waals surface area contributed by atoms with E-state index in [1.165, 1.54) is 24.0 Å². The maximum absolute atomic E-state index is 12.7. The second-order valence-electron chi connectivity index (χ2n) is 8.53. The van der Waals surface area contributed by atoms with E-state index in [4.69, 9.17) is 4.74 Å². The van der Waals surface area contributed by atoms with Gasteiger partial charge in [0, 0.05) is 44.8 Å². The average molecular weight is 408 g/mol. The lowest BCUT2D eigenvalue weighted by molar-refractivity contribution is 0.0342. The van der Waals surface area contributed by atoms with E-state index in [0.717, 1.165) is 64.6 Å². The van der Waals surface area contributed by atoms with E-state index in [0.29, 0.717) is 5.92 Å². The lowest BCUT2D eigenvalue weighted by Crippen LogP contribution is -2.40. The highest BCUT2D eigenvalue weighted by molar-refractivity contribution is 5.94. The number of morpholine rings is 1. The highest BCUT2D eigenvalue weighted by Gasteiger charge is 2.21. The Balaban J connectivity index is 1.26. The lowest BCUT2D eigenvalue weighted by atomic mass is 9.97. The Morgan fingerprint density at radius 3 is 2.53 bits per heavy atom. The zero-order chi connectivity index (χ0) is 20.6. The van der Waals surface area contributed by atoms with Crippen LogP contribution in [0.3, 0.4) is 0 Å². The van der Waals surface area contributed by atoms with E-state index in [-0.39, 0.29) is 5.91 Å². The van der Waals surface area contributed by atoms with Gasteiger partial charge in [-0.1, -0.05) is 42.5 Å². The number of carbonyl (C=O) groups excluding carboxylic acids is 1. The van der Waals surface area contributed by atoms with Gasteiger partial charge in [-0.3, -0.25) is 14.6 Å². The molecule has 2 aliphatic rings. The molecule has 1 atom stereocenters. The fourth-order valence-corrected chi connectivity index (χ4v) is 4.47. The molecule has 2 aromatic rings. The molecule has 30 heavy (non-hydrogen) atoms. The Morgan fingerprint density at radius 1 is 0.933 bits per heavy atom. The third kappa shape index (κ3) is 6.14. The molecule has 1 amide bonds. The number of hydrogen-bond acceptors (Lipinski definition) is 4. The number of ether oxygens (including phenoxy) is 1. The van der Waals surface area contributed by atoms with Gasteiger partial charge >= 0.3 is 0 Å². The molecule has 1 N–H and O–H groups in total. The first-order valence-corrected chi connectivity index (χ1v) is 11.2. The molecule has 2 fully saturated rings. The van der Waals surface area contributed by atoms with Crippen molar-refractivity contribution in [3.05, 3.63) is 71.3 Å². The SMILES string of the molecule is O=C(NCC1CCCN(Cc2ccccc2)C1)c1cccc(CN2CCOCC2)c1. The number of piperidine rings is 1. The molecular formula is C25H33N3O2. The zero-order valence-corrected chi connectivity index (χ0v) is 17.8. The molecule has 2 aromatic carbocycles. The van der Waals surface area contributed by atoms with Crippen LogP contribution in [0.2, 0.25) is 0 Å². The van der Waals surface area contributed by atoms with Gasteiger partial charge in [0.2, 0.25) is 0 Å². The summed E-state index contributed by atoms with van der Waals surface area (Å²) in [5.41, 5.74) is 3.31. The molecule has 0 aliphatic carbocycles. The van der Waals surface area contributed by atoms with E-state index in [1.54, 1.807) is 0 Å². The standard InChI is InChI=1S/C25H33N3O2/c29-25(24-10-4-8-22(16-24)19-27-12-14-30-15-13-27)26-17-23-9-5-11-28(20-23)18-21-6-2-1-3-7-21/h1-4,6-8,10,16,23H,5,9,11-15,17-20H2,(H,26,29). The fraction of sp³-hybridized carbons (Fsp3) is 0.480. The summed E-state index contributed by atoms with van der Waals surface area (Å²) >= 11 is 0. The lowest BCUT2D eigenvalue weighted by Gasteiger charge is -2.32. The number of rotatable bonds is 7. The average Bonchev–Trinajstić information content (AvgIpc) is 2.79. The van der Waals surface area contributed by atoms with Crippen molar-refractivity contribution < 1.29 is 9.53 Å². The second kappa shape index (κ2) is 10.7. The van der Waals surface area contributed by atoms with Gasteiger partial charge in [-0.15, -0.1) is 0 Å². The topological polar surface area (TPSA) is 44.8 Å². The predicted molar refractivity (Wildman–Crippen MR) is 119 cm³/mol. The van der Waals surface area contributed by atoms with E-state index >= 15 is 0 Å². The highest BCUT2D eigenvalue weighted by atomic mass is 16.5. The predicted octanol–water partition coefficient (Wildman–Crippen LogP) is 3.16. The van der Waals surface area contributed by atoms with Gasteiger partial charge in [-0.05, 0) is 48.6 Å². The summed E-state index contributed by atoms with van der Waals surface area (Å²) in [5, 5.41) is 3.18. The van der Waals surface area contributed by atoms with Gasteiger partial charge in [0.25, 0.3) is 5.91 Å². The maximum Gasteiger partial charge on any atom is 0.251 e. The Morgan fingerprint density at radius 2 is 1.70 bits per heavy atom. The fourth-order valence-electron chi connectivity index (χ4n) is 4.47. The Kier molecular flexibility index (Phi) is 7.51. The molecule has 4 rings (SSSR count). The van der Waals surface area contributed by atoms with Crippen molar-refractivity contribution >= 4 is 5.91 Å². The number of carbonyl (C=O) groups is 1. The van der Waals surface area contributed by atoms with E-state index in [2.05, 4.69) is 51.5 Å². The molecule has 5 nitrogen and oxygen atoms in total. The first-order chi connectivity index (χ1) is 14.8. The molecule has 0 spiro atoms. The highest BCUT2D eigenvalue weighted by Crippen LogP contribution is 2.18. The van der Waals surface area contributed by atoms with Crippen molar-refractivity contribution in [3.8, 4) is 0 Å². The van der Waals surface area contributed by atoms with Crippen LogP contribution in [-0.4, -0.2) is 61.6 Å². The summed E-state index contributed by atoms with van der Waals surface area (Å²) in [6.45, 7) is 8.31. The first kappa shape index (κ1) is 21.0. The van der Waals surface area contributed by atoms with Crippen LogP contribution in [0.5, 0.6) is 0 Å². The Labute approximate surface area is 180 Å². The number of amides is 1. The second-order valence-corrected chi connectivity index (χ2v) is 8.53. The Bertz CT molecular complexity index is 805. The monoisotopic (exact) mass is 407 g/mol. The van der Waals surface area contributed by atoms with Gasteiger partial charge in [0.15, 0.2) is 0 Å². The molecule has 2 heterocycles. The van der Waals surface area contributed by atoms with Crippen molar-refractivity contribution in [3.63, 3.8) is 0 Å². The van der Waals surface area contributed by atoms with Gasteiger partial charge in [0.05, 0.1) is 13.2 Å². The molecule has 1 unspecified atom stereocenters. The van der Waals surface area contributed by atoms with Crippen LogP contribution in [0, 0.1) is 5.92 Å². The van der Waals surface area contributed by atoms with Gasteiger partial charge in [-0.2, -0.15) is 0 Å². The summed E-state index contributed by atoms with van der Waals surface area (Å²) in [7, 11) is 0. The third-order valence-corrected chi connectivity index (χ3v) is 6.10. The molecule has 2 saturated heterocycles. The van der Waals surface area contributed by atoms with Crippen molar-refractivity contribution in [2.45, 2.75) is 25.9 Å². The van der Waals surface area contributed by atoms with Crippen LogP contribution < -0.4 is 5.32 Å². The summed E-state index contributed by atoms with van der Waals surface area (Å²) in [6.07, 6.45) is 2.38. The minimum atomic E-state index is 0.0408. The smallest absolute Gasteiger partial charge is 0.251 e. The Hall–Kier alpha value is -2.21. The normalized spacial score (nSPS) is 20.7. The van der Waals surface area contributed by atoms with Crippen LogP contribution in [-0.2, 0) is 17.8 Å². The van der Waals surface area contributed by atoms with Crippen LogP contribution in [0.4, 0.5) is 0 Å². The van der Waals surface area contributed by atoms with Crippen molar-refractivity contribution in [2.75, 3.05) is 45.9 Å². The number of likely N-dealkylation sites (tertiary alicyclic amines) is 1. The quantitative estimate of drug-likeness (QED) is 0.766. The molecule has 0 bridgehead atoms. The molecule has 2 aliphatic heterocycles. The molecule has 0 radical (unpaired) electrons. The number of nitrogens with one attached hydrogen (secondary N) is 1. The zero-order valence-electron chi connectivity index (χ0n) is 17.8. The molecular weight excluding hydrogens is 374 g/mol. The van der Waals surface area contributed by atoms with Crippen molar-refractivity contribution in [2.24, 2.45) is 5.92 Å². The van der Waals surface area contributed by atoms with E-state index in [9.17, 15) is 4.79 Å². The summed E-state index contributed by atoms with van der Waals surface area (Å²) < 4.78 is 5.42. The summed E-state index contributed by atoms with van der Waals surface area (Å²) in [5.74, 6) is 0.557. The van der Waals surface area contributed by atoms with Crippen molar-refractivity contribution in [1.29, 1.82) is 0 Å². The van der Waals surface area contributed by atoms with Crippen LogP contribution in [0.15, 0.2) is 54.6 Å². The molecule has 0 saturated carbocycles. The van der Waals surface area contributed by atoms with Crippen LogP contribution in [0.25, 0.3) is 0 Å².